The summed E-state index contributed by atoms with van der Waals surface area (Å²) in [5.41, 5.74) is 0. The van der Waals surface area contributed by atoms with E-state index >= 15 is 0 Å². The van der Waals surface area contributed by atoms with Gasteiger partial charge in [-0.05, 0) is 0 Å². The number of hydrogen-bond acceptors (Lipinski definition) is 3. The molecule has 0 spiro atoms. The third-order valence-corrected chi connectivity index (χ3v) is 5.76. The second-order valence-corrected chi connectivity index (χ2v) is 7.34. The van der Waals surface area contributed by atoms with Crippen molar-refractivity contribution < 1.29 is 13.4 Å². The summed E-state index contributed by atoms with van der Waals surface area (Å²) in [7, 11) is 2.64. The molecule has 0 saturated carbocycles. The molecule has 0 aliphatic heterocycles. The second-order valence-electron chi connectivity index (χ2n) is 2.24. The van der Waals surface area contributed by atoms with Crippen LogP contribution in [0.25, 0.3) is 0 Å². The summed E-state index contributed by atoms with van der Waals surface area (Å²) in [6.07, 6.45) is 0. The summed E-state index contributed by atoms with van der Waals surface area (Å²) in [6.45, 7) is 3.64. The molecule has 0 aliphatic rings. The summed E-state index contributed by atoms with van der Waals surface area (Å²) >= 11 is 0. The fourth-order valence-corrected chi connectivity index (χ4v) is 0.998. The maximum atomic E-state index is 5.09. The van der Waals surface area contributed by atoms with Crippen LogP contribution in [0.4, 0.5) is 0 Å². The summed E-state index contributed by atoms with van der Waals surface area (Å²) in [4.78, 5) is 0. The Morgan fingerprint density at radius 3 is 1.44 bits per heavy atom. The van der Waals surface area contributed by atoms with Gasteiger partial charge in [0.2, 0.25) is 0 Å². The monoisotopic (exact) mass is 172 g/mol. The van der Waals surface area contributed by atoms with E-state index in [2.05, 4.69) is 9.47 Å². The van der Waals surface area contributed by atoms with E-state index in [0.29, 0.717) is 0 Å². The van der Waals surface area contributed by atoms with Gasteiger partial charge in [0, 0.05) is 0 Å². The van der Waals surface area contributed by atoms with Crippen molar-refractivity contribution in [2.45, 2.75) is 0 Å². The fourth-order valence-electron chi connectivity index (χ4n) is 0.161. The zero-order valence-electron chi connectivity index (χ0n) is 6.25. The van der Waals surface area contributed by atoms with Crippen molar-refractivity contribution in [3.05, 3.63) is 0 Å². The van der Waals surface area contributed by atoms with E-state index in [1.165, 1.54) is 0 Å². The van der Waals surface area contributed by atoms with Crippen LogP contribution in [0, 0.1) is 0 Å². The molecule has 0 aromatic carbocycles. The van der Waals surface area contributed by atoms with Gasteiger partial charge in [-0.25, -0.2) is 0 Å². The Labute approximate surface area is 58.5 Å². The molecular weight excluding hydrogens is 158 g/mol. The molecule has 0 aliphatic carbocycles. The maximum absolute atomic E-state index is 5.09. The van der Waals surface area contributed by atoms with Crippen LogP contribution in [0.15, 0.2) is 0 Å². The van der Waals surface area contributed by atoms with Gasteiger partial charge in [0.25, 0.3) is 0 Å². The molecule has 1 atom stereocenters. The van der Waals surface area contributed by atoms with Crippen LogP contribution in [0.2, 0.25) is 0 Å². The molecule has 9 heavy (non-hydrogen) atoms. The van der Waals surface area contributed by atoms with Crippen molar-refractivity contribution >= 4 is 16.8 Å². The molecule has 0 aromatic rings. The molecule has 58 valence electrons. The Morgan fingerprint density at radius 1 is 1.11 bits per heavy atom. The minimum atomic E-state index is -2.66. The predicted molar refractivity (Wildman–Crippen MR) is 43.6 cm³/mol. The Balaban J connectivity index is 4.20. The standard InChI is InChI=1S/C4H14O3P2/c1-5-9(3,4,6-2)7-8/h8H2,1-4H3. The van der Waals surface area contributed by atoms with E-state index in [0.717, 1.165) is 0 Å². The van der Waals surface area contributed by atoms with Crippen LogP contribution in [-0.4, -0.2) is 27.5 Å². The van der Waals surface area contributed by atoms with Crippen LogP contribution in [0.3, 0.4) is 0 Å². The van der Waals surface area contributed by atoms with Gasteiger partial charge in [0.05, 0.1) is 0 Å². The quantitative estimate of drug-likeness (QED) is 0.605. The SMILES string of the molecule is COP(C)(C)(OC)OP. The van der Waals surface area contributed by atoms with Crippen molar-refractivity contribution in [2.75, 3.05) is 27.5 Å². The molecule has 0 amide bonds. The molecule has 0 fully saturated rings. The third-order valence-electron chi connectivity index (χ3n) is 1.33. The van der Waals surface area contributed by atoms with Crippen LogP contribution in [0.5, 0.6) is 0 Å². The van der Waals surface area contributed by atoms with Gasteiger partial charge in [-0.3, -0.25) is 0 Å². The first kappa shape index (κ1) is 9.74. The molecule has 1 unspecified atom stereocenters. The second kappa shape index (κ2) is 2.77. The Hall–Kier alpha value is 0.740. The van der Waals surface area contributed by atoms with Gasteiger partial charge in [-0.1, -0.05) is 0 Å². The van der Waals surface area contributed by atoms with Gasteiger partial charge in [-0.2, -0.15) is 0 Å². The summed E-state index contributed by atoms with van der Waals surface area (Å²) in [5, 5.41) is 0. The summed E-state index contributed by atoms with van der Waals surface area (Å²) < 4.78 is 15.2. The van der Waals surface area contributed by atoms with Crippen molar-refractivity contribution in [3.8, 4) is 0 Å². The fraction of sp³-hybridized carbons (Fsp3) is 1.00. The van der Waals surface area contributed by atoms with E-state index < -0.39 is 7.28 Å². The predicted octanol–water partition coefficient (Wildman–Crippen LogP) is 1.64. The summed E-state index contributed by atoms with van der Waals surface area (Å²) in [6, 6.07) is 0. The third kappa shape index (κ3) is 2.45. The van der Waals surface area contributed by atoms with Gasteiger partial charge in [-0.15, -0.1) is 0 Å². The zero-order valence-corrected chi connectivity index (χ0v) is 8.30. The summed E-state index contributed by atoms with van der Waals surface area (Å²) in [5.74, 6) is 0. The molecule has 0 rings (SSSR count). The zero-order chi connectivity index (χ0) is 7.57. The Bertz CT molecular complexity index is 85.0. The van der Waals surface area contributed by atoms with E-state index in [4.69, 9.17) is 13.4 Å². The van der Waals surface area contributed by atoms with E-state index in [1.807, 2.05) is 13.3 Å². The number of rotatable bonds is 3. The van der Waals surface area contributed by atoms with Crippen LogP contribution in [0.1, 0.15) is 0 Å². The van der Waals surface area contributed by atoms with Crippen molar-refractivity contribution in [3.63, 3.8) is 0 Å². The molecule has 3 nitrogen and oxygen atoms in total. The first-order chi connectivity index (χ1) is 3.96. The average Bonchev–Trinajstić information content (AvgIpc) is 1.90. The van der Waals surface area contributed by atoms with Gasteiger partial charge in [0.15, 0.2) is 0 Å². The van der Waals surface area contributed by atoms with Crippen molar-refractivity contribution in [1.82, 2.24) is 0 Å². The first-order valence-corrected chi connectivity index (χ1v) is 5.85. The molecule has 0 heterocycles. The normalized spacial score (nSPS) is 16.8. The average molecular weight is 172 g/mol. The number of hydrogen-bond donors (Lipinski definition) is 0. The topological polar surface area (TPSA) is 27.7 Å². The molecule has 0 N–H and O–H groups in total. The Morgan fingerprint density at radius 2 is 1.44 bits per heavy atom. The molecule has 0 bridgehead atoms. The van der Waals surface area contributed by atoms with Crippen LogP contribution >= 0.6 is 16.8 Å². The van der Waals surface area contributed by atoms with Crippen LogP contribution in [-0.2, 0) is 13.4 Å². The van der Waals surface area contributed by atoms with E-state index in [-0.39, 0.29) is 0 Å². The molecule has 0 saturated heterocycles. The van der Waals surface area contributed by atoms with Gasteiger partial charge in [0.1, 0.15) is 0 Å². The van der Waals surface area contributed by atoms with E-state index in [1.54, 1.807) is 14.2 Å². The molecular formula is C4H14O3P2. The van der Waals surface area contributed by atoms with E-state index in [9.17, 15) is 0 Å². The Kier molecular flexibility index (Phi) is 3.00. The minimum absolute atomic E-state index is 1.57. The first-order valence-electron chi connectivity index (χ1n) is 2.49. The van der Waals surface area contributed by atoms with Crippen molar-refractivity contribution in [2.24, 2.45) is 0 Å². The van der Waals surface area contributed by atoms with Gasteiger partial charge < -0.3 is 0 Å². The van der Waals surface area contributed by atoms with Gasteiger partial charge >= 0.3 is 57.7 Å². The van der Waals surface area contributed by atoms with Crippen molar-refractivity contribution in [1.29, 1.82) is 0 Å². The molecule has 0 radical (unpaired) electrons. The van der Waals surface area contributed by atoms with Crippen LogP contribution < -0.4 is 0 Å². The molecule has 0 aromatic heterocycles. The molecule has 5 heteroatoms.